The van der Waals surface area contributed by atoms with Gasteiger partial charge in [-0.15, -0.1) is 0 Å². The van der Waals surface area contributed by atoms with Gasteiger partial charge in [-0.3, -0.25) is 0 Å². The maximum absolute atomic E-state index is 4.20. The van der Waals surface area contributed by atoms with Crippen molar-refractivity contribution in [2.45, 2.75) is 46.0 Å². The number of rotatable bonds is 9. The van der Waals surface area contributed by atoms with Crippen molar-refractivity contribution < 1.29 is 0 Å². The molecule has 0 aliphatic rings. The quantitative estimate of drug-likeness (QED) is 0.455. The minimum Gasteiger partial charge on any atom is -0.355 e. The summed E-state index contributed by atoms with van der Waals surface area (Å²) in [4.78, 5) is 2.27. The Morgan fingerprint density at radius 1 is 1.13 bits per heavy atom. The van der Waals surface area contributed by atoms with Crippen molar-refractivity contribution in [3.63, 3.8) is 0 Å². The highest BCUT2D eigenvalue weighted by atomic mass is 32.1. The Morgan fingerprint density at radius 3 is 2.53 bits per heavy atom. The fourth-order valence-corrected chi connectivity index (χ4v) is 1.54. The first kappa shape index (κ1) is 14.6. The van der Waals surface area contributed by atoms with Crippen molar-refractivity contribution >= 4 is 12.6 Å². The van der Waals surface area contributed by atoms with E-state index in [1.54, 1.807) is 0 Å². The molecule has 0 aliphatic heterocycles. The normalized spacial score (nSPS) is 11.7. The van der Waals surface area contributed by atoms with E-state index >= 15 is 0 Å². The summed E-state index contributed by atoms with van der Waals surface area (Å²) in [6, 6.07) is 0. The second-order valence-electron chi connectivity index (χ2n) is 3.68. The molecule has 0 heterocycles. The summed E-state index contributed by atoms with van der Waals surface area (Å²) < 4.78 is 0. The summed E-state index contributed by atoms with van der Waals surface area (Å²) in [5.41, 5.74) is 0. The van der Waals surface area contributed by atoms with E-state index in [4.69, 9.17) is 0 Å². The number of hydrogen-bond donors (Lipinski definition) is 1. The van der Waals surface area contributed by atoms with Gasteiger partial charge in [-0.1, -0.05) is 25.5 Å². The smallest absolute Gasteiger partial charge is 0.0219 e. The van der Waals surface area contributed by atoms with E-state index in [2.05, 4.69) is 55.9 Å². The molecule has 0 amide bonds. The van der Waals surface area contributed by atoms with Gasteiger partial charge in [0.25, 0.3) is 0 Å². The second-order valence-corrected chi connectivity index (χ2v) is 4.13. The third-order valence-corrected chi connectivity index (χ3v) is 2.50. The van der Waals surface area contributed by atoms with Gasteiger partial charge in [0.05, 0.1) is 0 Å². The van der Waals surface area contributed by atoms with E-state index in [1.165, 1.54) is 32.1 Å². The van der Waals surface area contributed by atoms with Crippen LogP contribution in [0.15, 0.2) is 24.6 Å². The van der Waals surface area contributed by atoms with Crippen molar-refractivity contribution in [3.05, 3.63) is 24.6 Å². The first-order chi connectivity index (χ1) is 7.35. The molecule has 88 valence electrons. The van der Waals surface area contributed by atoms with E-state index in [9.17, 15) is 0 Å². The zero-order valence-corrected chi connectivity index (χ0v) is 11.0. The molecule has 0 N–H and O–H groups in total. The molecule has 0 spiro atoms. The van der Waals surface area contributed by atoms with Crippen LogP contribution >= 0.6 is 12.6 Å². The van der Waals surface area contributed by atoms with Crippen LogP contribution in [0, 0.1) is 0 Å². The first-order valence-electron chi connectivity index (χ1n) is 6.01. The lowest BCUT2D eigenvalue weighted by molar-refractivity contribution is 0.482. The van der Waals surface area contributed by atoms with Gasteiger partial charge in [0.15, 0.2) is 0 Å². The number of unbranched alkanes of at least 4 members (excludes halogenated alkanes) is 3. The molecule has 0 aromatic rings. The van der Waals surface area contributed by atoms with Gasteiger partial charge in [-0.05, 0) is 50.8 Å². The van der Waals surface area contributed by atoms with Crippen LogP contribution in [-0.2, 0) is 0 Å². The molecule has 0 fully saturated rings. The topological polar surface area (TPSA) is 3.24 Å². The average Bonchev–Trinajstić information content (AvgIpc) is 2.25. The Balaban J connectivity index is 3.72. The van der Waals surface area contributed by atoms with E-state index in [-0.39, 0.29) is 0 Å². The highest BCUT2D eigenvalue weighted by Gasteiger charge is 1.91. The summed E-state index contributed by atoms with van der Waals surface area (Å²) in [6.07, 6.45) is 14.8. The van der Waals surface area contributed by atoms with Gasteiger partial charge < -0.3 is 4.90 Å². The summed E-state index contributed by atoms with van der Waals surface area (Å²) in [6.45, 7) is 5.42. The number of allylic oxidation sites excluding steroid dienone is 2. The highest BCUT2D eigenvalue weighted by Crippen LogP contribution is 2.01. The van der Waals surface area contributed by atoms with Crippen molar-refractivity contribution in [1.82, 2.24) is 4.90 Å². The molecule has 0 aromatic heterocycles. The fraction of sp³-hybridized carbons (Fsp3) is 0.692. The fourth-order valence-electron chi connectivity index (χ4n) is 1.31. The lowest BCUT2D eigenvalue weighted by Crippen LogP contribution is -2.10. The van der Waals surface area contributed by atoms with Crippen molar-refractivity contribution in [1.29, 1.82) is 0 Å². The summed E-state index contributed by atoms with van der Waals surface area (Å²) in [5, 5.41) is 0. The number of thiol groups is 1. The SMILES string of the molecule is C/C=C\N(/C=C/CCCCS)CCCC. The zero-order chi connectivity index (χ0) is 11.4. The summed E-state index contributed by atoms with van der Waals surface area (Å²) >= 11 is 4.20. The van der Waals surface area contributed by atoms with Crippen LogP contribution in [0.5, 0.6) is 0 Å². The van der Waals surface area contributed by atoms with Gasteiger partial charge in [0, 0.05) is 6.54 Å². The first-order valence-corrected chi connectivity index (χ1v) is 6.64. The minimum atomic E-state index is 1.00. The maximum atomic E-state index is 4.20. The maximum Gasteiger partial charge on any atom is 0.0219 e. The Bertz CT molecular complexity index is 175. The predicted octanol–water partition coefficient (Wildman–Crippen LogP) is 4.24. The van der Waals surface area contributed by atoms with E-state index in [1.807, 2.05) is 0 Å². The van der Waals surface area contributed by atoms with E-state index in [0.717, 1.165) is 12.3 Å². The molecule has 0 radical (unpaired) electrons. The van der Waals surface area contributed by atoms with Crippen molar-refractivity contribution in [2.75, 3.05) is 12.3 Å². The summed E-state index contributed by atoms with van der Waals surface area (Å²) in [7, 11) is 0. The molecule has 2 heteroatoms. The Kier molecular flexibility index (Phi) is 11.4. The van der Waals surface area contributed by atoms with E-state index < -0.39 is 0 Å². The van der Waals surface area contributed by atoms with E-state index in [0.29, 0.717) is 0 Å². The molecule has 0 aliphatic carbocycles. The Labute approximate surface area is 101 Å². The Hall–Kier alpha value is -0.370. The molecule has 0 saturated carbocycles. The van der Waals surface area contributed by atoms with Gasteiger partial charge in [-0.25, -0.2) is 0 Å². The minimum absolute atomic E-state index is 1.00. The largest absolute Gasteiger partial charge is 0.355 e. The van der Waals surface area contributed by atoms with Crippen LogP contribution in [-0.4, -0.2) is 17.2 Å². The van der Waals surface area contributed by atoms with Crippen molar-refractivity contribution in [2.24, 2.45) is 0 Å². The molecule has 0 bridgehead atoms. The molecule has 0 aromatic carbocycles. The molecular formula is C13H25NS. The molecule has 1 nitrogen and oxygen atoms in total. The number of nitrogens with zero attached hydrogens (tertiary/aromatic N) is 1. The van der Waals surface area contributed by atoms with Gasteiger partial charge in [0.1, 0.15) is 0 Å². The van der Waals surface area contributed by atoms with Crippen LogP contribution < -0.4 is 0 Å². The third-order valence-electron chi connectivity index (χ3n) is 2.19. The molecular weight excluding hydrogens is 202 g/mol. The lowest BCUT2D eigenvalue weighted by atomic mass is 10.2. The zero-order valence-electron chi connectivity index (χ0n) is 10.2. The van der Waals surface area contributed by atoms with Crippen molar-refractivity contribution in [3.8, 4) is 0 Å². The summed E-state index contributed by atoms with van der Waals surface area (Å²) in [5.74, 6) is 1.00. The molecule has 0 saturated heterocycles. The molecule has 0 unspecified atom stereocenters. The van der Waals surface area contributed by atoms with Gasteiger partial charge >= 0.3 is 0 Å². The average molecular weight is 227 g/mol. The predicted molar refractivity (Wildman–Crippen MR) is 73.3 cm³/mol. The number of hydrogen-bond acceptors (Lipinski definition) is 2. The van der Waals surface area contributed by atoms with Gasteiger partial charge in [-0.2, -0.15) is 12.6 Å². The van der Waals surface area contributed by atoms with Crippen LogP contribution in [0.25, 0.3) is 0 Å². The van der Waals surface area contributed by atoms with Gasteiger partial charge in [0.2, 0.25) is 0 Å². The molecule has 0 rings (SSSR count). The standard InChI is InChI=1S/C13H25NS/c1-3-5-11-14(10-4-2)12-8-6-7-9-13-15/h4,8,10,12,15H,3,5-7,9,11,13H2,1-2H3/b10-4-,12-8+. The lowest BCUT2D eigenvalue weighted by Gasteiger charge is -2.14. The van der Waals surface area contributed by atoms with Crippen LogP contribution in [0.2, 0.25) is 0 Å². The second kappa shape index (κ2) is 11.7. The Morgan fingerprint density at radius 2 is 1.93 bits per heavy atom. The molecule has 0 atom stereocenters. The van der Waals surface area contributed by atoms with Crippen LogP contribution in [0.4, 0.5) is 0 Å². The third kappa shape index (κ3) is 9.92. The highest BCUT2D eigenvalue weighted by molar-refractivity contribution is 7.80. The monoisotopic (exact) mass is 227 g/mol. The van der Waals surface area contributed by atoms with Crippen LogP contribution in [0.1, 0.15) is 46.0 Å². The molecule has 15 heavy (non-hydrogen) atoms. The van der Waals surface area contributed by atoms with Crippen LogP contribution in [0.3, 0.4) is 0 Å².